The predicted molar refractivity (Wildman–Crippen MR) is 110 cm³/mol. The topological polar surface area (TPSA) is 21.1 Å². The lowest BCUT2D eigenvalue weighted by molar-refractivity contribution is 0.718. The van der Waals surface area contributed by atoms with Crippen molar-refractivity contribution in [2.75, 3.05) is 11.4 Å². The van der Waals surface area contributed by atoms with Crippen LogP contribution in [0.3, 0.4) is 0 Å². The molecule has 0 spiro atoms. The van der Waals surface area contributed by atoms with Crippen molar-refractivity contribution in [3.8, 4) is 0 Å². The Hall–Kier alpha value is -2.55. The van der Waals surface area contributed by atoms with Crippen molar-refractivity contribution in [1.82, 2.24) is 9.55 Å². The highest BCUT2D eigenvalue weighted by Crippen LogP contribution is 2.33. The summed E-state index contributed by atoms with van der Waals surface area (Å²) in [5, 5.41) is 1.33. The number of aromatic nitrogens is 2. The summed E-state index contributed by atoms with van der Waals surface area (Å²) in [5.74, 6) is 1.12. The molecule has 3 heterocycles. The maximum Gasteiger partial charge on any atom is 0.153 e. The van der Waals surface area contributed by atoms with Gasteiger partial charge in [0.1, 0.15) is 0 Å². The molecule has 0 fully saturated rings. The summed E-state index contributed by atoms with van der Waals surface area (Å²) in [6.07, 6.45) is 5.35. The first-order valence-corrected chi connectivity index (χ1v) is 9.45. The van der Waals surface area contributed by atoms with Crippen LogP contribution in [-0.2, 0) is 19.5 Å². The van der Waals surface area contributed by atoms with Gasteiger partial charge in [-0.25, -0.2) is 4.98 Å². The first kappa shape index (κ1) is 16.9. The standard InChI is InChI=1S/C23H27N3/c1-16(2)10-14-26-18(4)17(3)21-9-12-24-23(22(21)26)25-13-11-19-7-5-6-8-20(19)15-25/h5-10,12H,11,13-15H2,1-4H3. The maximum atomic E-state index is 4.83. The Bertz CT molecular complexity index is 990. The Morgan fingerprint density at radius 2 is 1.88 bits per heavy atom. The number of anilines is 1. The normalized spacial score (nSPS) is 13.8. The molecule has 0 radical (unpaired) electrons. The van der Waals surface area contributed by atoms with Crippen LogP contribution < -0.4 is 4.90 Å². The molecule has 3 aromatic rings. The number of rotatable bonds is 3. The van der Waals surface area contributed by atoms with E-state index in [1.54, 1.807) is 0 Å². The number of hydrogen-bond donors (Lipinski definition) is 0. The van der Waals surface area contributed by atoms with Gasteiger partial charge in [-0.2, -0.15) is 0 Å². The summed E-state index contributed by atoms with van der Waals surface area (Å²) in [6, 6.07) is 11.0. The molecule has 4 rings (SSSR count). The summed E-state index contributed by atoms with van der Waals surface area (Å²) in [4.78, 5) is 7.28. The lowest BCUT2D eigenvalue weighted by Gasteiger charge is -2.30. The van der Waals surface area contributed by atoms with Gasteiger partial charge < -0.3 is 9.47 Å². The summed E-state index contributed by atoms with van der Waals surface area (Å²) in [6.45, 7) is 11.6. The minimum Gasteiger partial charge on any atom is -0.350 e. The van der Waals surface area contributed by atoms with Gasteiger partial charge in [-0.05, 0) is 56.9 Å². The van der Waals surface area contributed by atoms with E-state index >= 15 is 0 Å². The van der Waals surface area contributed by atoms with Gasteiger partial charge in [0.05, 0.1) is 5.52 Å². The number of fused-ring (bicyclic) bond motifs is 2. The van der Waals surface area contributed by atoms with Crippen LogP contribution in [0.5, 0.6) is 0 Å². The summed E-state index contributed by atoms with van der Waals surface area (Å²) in [7, 11) is 0. The van der Waals surface area contributed by atoms with Gasteiger partial charge in [0.25, 0.3) is 0 Å². The fourth-order valence-corrected chi connectivity index (χ4v) is 3.99. The Kier molecular flexibility index (Phi) is 4.31. The Morgan fingerprint density at radius 3 is 2.65 bits per heavy atom. The van der Waals surface area contributed by atoms with Crippen molar-refractivity contribution in [2.24, 2.45) is 0 Å². The maximum absolute atomic E-state index is 4.83. The molecule has 0 aliphatic carbocycles. The summed E-state index contributed by atoms with van der Waals surface area (Å²) < 4.78 is 2.43. The molecule has 26 heavy (non-hydrogen) atoms. The zero-order valence-corrected chi connectivity index (χ0v) is 16.2. The molecule has 3 nitrogen and oxygen atoms in total. The number of nitrogens with zero attached hydrogens (tertiary/aromatic N) is 3. The van der Waals surface area contributed by atoms with Gasteiger partial charge >= 0.3 is 0 Å². The van der Waals surface area contributed by atoms with Crippen LogP contribution in [0.4, 0.5) is 5.82 Å². The molecule has 3 heteroatoms. The first-order chi connectivity index (χ1) is 12.6. The summed E-state index contributed by atoms with van der Waals surface area (Å²) in [5.41, 5.74) is 8.23. The Labute approximate surface area is 156 Å². The number of benzene rings is 1. The van der Waals surface area contributed by atoms with E-state index in [0.717, 1.165) is 31.9 Å². The van der Waals surface area contributed by atoms with E-state index in [4.69, 9.17) is 4.98 Å². The molecule has 1 aromatic carbocycles. The molecule has 1 aliphatic rings. The molecule has 0 amide bonds. The third kappa shape index (κ3) is 2.82. The van der Waals surface area contributed by atoms with Crippen molar-refractivity contribution in [2.45, 2.75) is 47.2 Å². The molecular weight excluding hydrogens is 318 g/mol. The van der Waals surface area contributed by atoms with E-state index < -0.39 is 0 Å². The van der Waals surface area contributed by atoms with Gasteiger partial charge in [-0.15, -0.1) is 0 Å². The van der Waals surface area contributed by atoms with Crippen LogP contribution in [0.25, 0.3) is 10.9 Å². The first-order valence-electron chi connectivity index (χ1n) is 9.45. The fraction of sp³-hybridized carbons (Fsp3) is 0.348. The highest BCUT2D eigenvalue weighted by Gasteiger charge is 2.22. The van der Waals surface area contributed by atoms with Crippen LogP contribution in [0.2, 0.25) is 0 Å². The van der Waals surface area contributed by atoms with Gasteiger partial charge in [0, 0.05) is 36.9 Å². The molecule has 0 bridgehead atoms. The summed E-state index contributed by atoms with van der Waals surface area (Å²) >= 11 is 0. The van der Waals surface area contributed by atoms with Crippen molar-refractivity contribution in [1.29, 1.82) is 0 Å². The second kappa shape index (κ2) is 6.64. The van der Waals surface area contributed by atoms with E-state index in [2.05, 4.69) is 73.6 Å². The van der Waals surface area contributed by atoms with Gasteiger partial charge in [0.15, 0.2) is 5.82 Å². The van der Waals surface area contributed by atoms with Gasteiger partial charge in [-0.3, -0.25) is 0 Å². The highest BCUT2D eigenvalue weighted by molar-refractivity contribution is 5.93. The molecule has 0 unspecified atom stereocenters. The fourth-order valence-electron chi connectivity index (χ4n) is 3.99. The lowest BCUT2D eigenvalue weighted by atomic mass is 10.00. The third-order valence-electron chi connectivity index (χ3n) is 5.64. The van der Waals surface area contributed by atoms with Crippen LogP contribution in [-0.4, -0.2) is 16.1 Å². The molecule has 1 aliphatic heterocycles. The van der Waals surface area contributed by atoms with Crippen LogP contribution in [0.15, 0.2) is 48.2 Å². The number of hydrogen-bond acceptors (Lipinski definition) is 2. The monoisotopic (exact) mass is 345 g/mol. The second-order valence-corrected chi connectivity index (χ2v) is 7.57. The highest BCUT2D eigenvalue weighted by atomic mass is 15.2. The number of pyridine rings is 1. The smallest absolute Gasteiger partial charge is 0.153 e. The zero-order chi connectivity index (χ0) is 18.3. The Morgan fingerprint density at radius 1 is 1.12 bits per heavy atom. The molecule has 0 atom stereocenters. The number of allylic oxidation sites excluding steroid dienone is 2. The quantitative estimate of drug-likeness (QED) is 0.610. The predicted octanol–water partition coefficient (Wildman–Crippen LogP) is 5.18. The minimum atomic E-state index is 0.904. The molecule has 0 N–H and O–H groups in total. The van der Waals surface area contributed by atoms with Gasteiger partial charge in [0.2, 0.25) is 0 Å². The molecule has 2 aromatic heterocycles. The largest absolute Gasteiger partial charge is 0.350 e. The van der Waals surface area contributed by atoms with E-state index in [1.807, 2.05) is 6.20 Å². The SMILES string of the molecule is CC(C)=CCn1c(C)c(C)c2ccnc(N3CCc4ccccc4C3)c21. The van der Waals surface area contributed by atoms with Crippen molar-refractivity contribution in [3.63, 3.8) is 0 Å². The average Bonchev–Trinajstić information content (AvgIpc) is 2.90. The minimum absolute atomic E-state index is 0.904. The van der Waals surface area contributed by atoms with Crippen molar-refractivity contribution >= 4 is 16.7 Å². The van der Waals surface area contributed by atoms with E-state index in [-0.39, 0.29) is 0 Å². The molecule has 0 saturated carbocycles. The lowest BCUT2D eigenvalue weighted by Crippen LogP contribution is -2.31. The van der Waals surface area contributed by atoms with Gasteiger partial charge in [-0.1, -0.05) is 35.9 Å². The Balaban J connectivity index is 1.83. The van der Waals surface area contributed by atoms with Crippen molar-refractivity contribution in [3.05, 3.63) is 70.6 Å². The van der Waals surface area contributed by atoms with E-state index in [9.17, 15) is 0 Å². The van der Waals surface area contributed by atoms with Crippen LogP contribution in [0, 0.1) is 13.8 Å². The third-order valence-corrected chi connectivity index (χ3v) is 5.64. The van der Waals surface area contributed by atoms with Crippen LogP contribution >= 0.6 is 0 Å². The molecule has 134 valence electrons. The molecule has 0 saturated heterocycles. The van der Waals surface area contributed by atoms with E-state index in [0.29, 0.717) is 0 Å². The second-order valence-electron chi connectivity index (χ2n) is 7.57. The average molecular weight is 345 g/mol. The zero-order valence-electron chi connectivity index (χ0n) is 16.2. The number of aryl methyl sites for hydroxylation is 1. The molecular formula is C23H27N3. The van der Waals surface area contributed by atoms with E-state index in [1.165, 1.54) is 38.9 Å². The van der Waals surface area contributed by atoms with Crippen molar-refractivity contribution < 1.29 is 0 Å². The van der Waals surface area contributed by atoms with Crippen LogP contribution in [0.1, 0.15) is 36.2 Å².